The van der Waals surface area contributed by atoms with Crippen LogP contribution in [0.5, 0.6) is 0 Å². The van der Waals surface area contributed by atoms with Crippen LogP contribution >= 0.6 is 0 Å². The minimum atomic E-state index is -3.91. The largest absolute Gasteiger partial charge is 0.417 e. The van der Waals surface area contributed by atoms with Gasteiger partial charge in [0, 0.05) is 25.2 Å². The third-order valence-corrected chi connectivity index (χ3v) is 5.87. The molecule has 1 fully saturated rings. The van der Waals surface area contributed by atoms with Gasteiger partial charge in [-0.1, -0.05) is 13.8 Å². The molecule has 0 amide bonds. The lowest BCUT2D eigenvalue weighted by Gasteiger charge is -2.46. The van der Waals surface area contributed by atoms with Crippen LogP contribution < -0.4 is 5.76 Å². The highest BCUT2D eigenvalue weighted by atomic mass is 32.2. The number of sulfonamides is 1. The summed E-state index contributed by atoms with van der Waals surface area (Å²) in [6, 6.07) is 2.02. The number of benzene rings is 1. The molecule has 1 aliphatic heterocycles. The van der Waals surface area contributed by atoms with Crippen LogP contribution in [-0.2, 0) is 10.0 Å². The molecule has 0 radical (unpaired) electrons. The molecular formula is C13H15FN2O4S. The van der Waals surface area contributed by atoms with Gasteiger partial charge in [-0.15, -0.1) is 0 Å². The molecule has 0 saturated carbocycles. The van der Waals surface area contributed by atoms with Crippen LogP contribution in [0.2, 0.25) is 0 Å². The fourth-order valence-corrected chi connectivity index (χ4v) is 4.29. The molecule has 2 aromatic rings. The third kappa shape index (κ3) is 2.18. The molecular weight excluding hydrogens is 299 g/mol. The van der Waals surface area contributed by atoms with Crippen molar-refractivity contribution in [1.82, 2.24) is 9.29 Å². The predicted octanol–water partition coefficient (Wildman–Crippen LogP) is 1.68. The van der Waals surface area contributed by atoms with Gasteiger partial charge in [0.2, 0.25) is 10.0 Å². The Bertz CT molecular complexity index is 862. The first-order valence-corrected chi connectivity index (χ1v) is 8.02. The Morgan fingerprint density at radius 2 is 2.10 bits per heavy atom. The average molecular weight is 314 g/mol. The molecule has 1 saturated heterocycles. The first-order valence-electron chi connectivity index (χ1n) is 6.58. The molecule has 1 aromatic carbocycles. The Kier molecular flexibility index (Phi) is 3.00. The number of H-pyrrole nitrogens is 1. The number of oxazole rings is 1. The zero-order valence-electron chi connectivity index (χ0n) is 11.6. The van der Waals surface area contributed by atoms with Gasteiger partial charge in [-0.25, -0.2) is 17.6 Å². The molecule has 0 aliphatic carbocycles. The molecule has 114 valence electrons. The first kappa shape index (κ1) is 14.3. The Balaban J connectivity index is 2.03. The topological polar surface area (TPSA) is 83.4 Å². The maximum Gasteiger partial charge on any atom is 0.417 e. The second-order valence-corrected chi connectivity index (χ2v) is 7.64. The van der Waals surface area contributed by atoms with Gasteiger partial charge in [0.15, 0.2) is 5.58 Å². The van der Waals surface area contributed by atoms with Crippen molar-refractivity contribution in [2.45, 2.75) is 25.2 Å². The Hall–Kier alpha value is -1.67. The van der Waals surface area contributed by atoms with Crippen LogP contribution in [0.15, 0.2) is 26.2 Å². The summed E-state index contributed by atoms with van der Waals surface area (Å²) in [5.41, 5.74) is 0.103. The second kappa shape index (κ2) is 4.41. The standard InChI is InChI=1S/C13H15FN2O4S/c1-3-13(2)6-16(7-13)21(18,19)11-5-10-9(4-8(11)14)15-12(17)20-10/h4-5H,3,6-7H2,1-2H3,(H,15,17). The normalized spacial score (nSPS) is 18.8. The smallest absolute Gasteiger partial charge is 0.408 e. The Morgan fingerprint density at radius 3 is 2.71 bits per heavy atom. The maximum absolute atomic E-state index is 14.1. The van der Waals surface area contributed by atoms with Crippen molar-refractivity contribution in [2.75, 3.05) is 13.1 Å². The highest BCUT2D eigenvalue weighted by Crippen LogP contribution is 2.37. The molecule has 2 heterocycles. The molecule has 1 aliphatic rings. The van der Waals surface area contributed by atoms with E-state index >= 15 is 0 Å². The summed E-state index contributed by atoms with van der Waals surface area (Å²) in [4.78, 5) is 12.9. The summed E-state index contributed by atoms with van der Waals surface area (Å²) < 4.78 is 45.0. The molecule has 21 heavy (non-hydrogen) atoms. The van der Waals surface area contributed by atoms with Crippen molar-refractivity contribution in [3.05, 3.63) is 28.5 Å². The monoisotopic (exact) mass is 314 g/mol. The number of fused-ring (bicyclic) bond motifs is 1. The van der Waals surface area contributed by atoms with Gasteiger partial charge in [-0.3, -0.25) is 4.98 Å². The van der Waals surface area contributed by atoms with Crippen molar-refractivity contribution in [1.29, 1.82) is 0 Å². The second-order valence-electron chi connectivity index (χ2n) is 5.73. The molecule has 3 rings (SSSR count). The number of rotatable bonds is 3. The summed E-state index contributed by atoms with van der Waals surface area (Å²) in [7, 11) is -3.91. The highest BCUT2D eigenvalue weighted by Gasteiger charge is 2.44. The summed E-state index contributed by atoms with van der Waals surface area (Å²) in [6.07, 6.45) is 0.854. The van der Waals surface area contributed by atoms with Crippen molar-refractivity contribution >= 4 is 21.1 Å². The Labute approximate surface area is 120 Å². The molecule has 0 bridgehead atoms. The van der Waals surface area contributed by atoms with Gasteiger partial charge in [-0.05, 0) is 11.8 Å². The molecule has 0 atom stereocenters. The number of hydrogen-bond acceptors (Lipinski definition) is 4. The lowest BCUT2D eigenvalue weighted by molar-refractivity contribution is 0.0858. The highest BCUT2D eigenvalue weighted by molar-refractivity contribution is 7.89. The zero-order chi connectivity index (χ0) is 15.4. The van der Waals surface area contributed by atoms with E-state index < -0.39 is 26.5 Å². The van der Waals surface area contributed by atoms with Gasteiger partial charge >= 0.3 is 5.76 Å². The van der Waals surface area contributed by atoms with Crippen molar-refractivity contribution < 1.29 is 17.2 Å². The quantitative estimate of drug-likeness (QED) is 0.934. The fraction of sp³-hybridized carbons (Fsp3) is 0.462. The van der Waals surface area contributed by atoms with Gasteiger partial charge < -0.3 is 4.42 Å². The lowest BCUT2D eigenvalue weighted by atomic mass is 9.82. The van der Waals surface area contributed by atoms with E-state index in [-0.39, 0.29) is 16.5 Å². The van der Waals surface area contributed by atoms with Gasteiger partial charge in [-0.2, -0.15) is 4.31 Å². The Morgan fingerprint density at radius 1 is 1.43 bits per heavy atom. The number of nitrogens with zero attached hydrogens (tertiary/aromatic N) is 1. The average Bonchev–Trinajstić information content (AvgIpc) is 2.72. The maximum atomic E-state index is 14.1. The minimum absolute atomic E-state index is 0.0266. The van der Waals surface area contributed by atoms with E-state index in [1.165, 1.54) is 4.31 Å². The number of halogens is 1. The van der Waals surface area contributed by atoms with Crippen LogP contribution in [0.25, 0.3) is 11.1 Å². The summed E-state index contributed by atoms with van der Waals surface area (Å²) >= 11 is 0. The lowest BCUT2D eigenvalue weighted by Crippen LogP contribution is -2.56. The minimum Gasteiger partial charge on any atom is -0.408 e. The molecule has 8 heteroatoms. The molecule has 0 spiro atoms. The number of aromatic nitrogens is 1. The first-order chi connectivity index (χ1) is 9.75. The van der Waals surface area contributed by atoms with Crippen molar-refractivity contribution in [3.63, 3.8) is 0 Å². The van der Waals surface area contributed by atoms with Gasteiger partial charge in [0.25, 0.3) is 0 Å². The van der Waals surface area contributed by atoms with E-state index in [9.17, 15) is 17.6 Å². The number of hydrogen-bond donors (Lipinski definition) is 1. The summed E-state index contributed by atoms with van der Waals surface area (Å²) in [6.45, 7) is 4.70. The van der Waals surface area contributed by atoms with E-state index in [4.69, 9.17) is 4.42 Å². The number of nitrogens with one attached hydrogen (secondary N) is 1. The van der Waals surface area contributed by atoms with E-state index in [0.29, 0.717) is 13.1 Å². The van der Waals surface area contributed by atoms with Crippen LogP contribution in [0.1, 0.15) is 20.3 Å². The third-order valence-electron chi connectivity index (χ3n) is 4.06. The van der Waals surface area contributed by atoms with E-state index in [1.807, 2.05) is 13.8 Å². The van der Waals surface area contributed by atoms with E-state index in [0.717, 1.165) is 18.6 Å². The van der Waals surface area contributed by atoms with E-state index in [2.05, 4.69) is 4.98 Å². The van der Waals surface area contributed by atoms with Crippen molar-refractivity contribution in [3.8, 4) is 0 Å². The van der Waals surface area contributed by atoms with Crippen LogP contribution in [-0.4, -0.2) is 30.8 Å². The summed E-state index contributed by atoms with van der Waals surface area (Å²) in [5, 5.41) is 0. The molecule has 1 N–H and O–H groups in total. The zero-order valence-corrected chi connectivity index (χ0v) is 12.5. The number of aromatic amines is 1. The molecule has 6 nitrogen and oxygen atoms in total. The molecule has 0 unspecified atom stereocenters. The van der Waals surface area contributed by atoms with Crippen LogP contribution in [0.4, 0.5) is 4.39 Å². The van der Waals surface area contributed by atoms with Gasteiger partial charge in [0.1, 0.15) is 10.7 Å². The van der Waals surface area contributed by atoms with Crippen molar-refractivity contribution in [2.24, 2.45) is 5.41 Å². The predicted molar refractivity (Wildman–Crippen MR) is 73.9 cm³/mol. The molecule has 1 aromatic heterocycles. The van der Waals surface area contributed by atoms with Crippen LogP contribution in [0.3, 0.4) is 0 Å². The fourth-order valence-electron chi connectivity index (χ4n) is 2.49. The van der Waals surface area contributed by atoms with E-state index in [1.54, 1.807) is 0 Å². The van der Waals surface area contributed by atoms with Gasteiger partial charge in [0.05, 0.1) is 5.52 Å². The SMILES string of the molecule is CCC1(C)CN(S(=O)(=O)c2cc3oc(=O)[nH]c3cc2F)C1. The summed E-state index contributed by atoms with van der Waals surface area (Å²) in [5.74, 6) is -1.65. The van der Waals surface area contributed by atoms with Crippen LogP contribution in [0, 0.1) is 11.2 Å².